The van der Waals surface area contributed by atoms with Gasteiger partial charge in [-0.15, -0.1) is 13.2 Å². The second-order valence-corrected chi connectivity index (χ2v) is 7.34. The van der Waals surface area contributed by atoms with Crippen LogP contribution in [0.5, 0.6) is 11.5 Å². The standard InChI is InChI=1S/C22H21F4N3O3/c1-13-9-14(5-7-27-13)20-17-6-8-31-16(11-23)12-29(17)21(28-20)15-3-4-18(19(10-15)30-2)32-22(24,25)26/h3-5,7,9-10,16H,6,8,11-12H2,1-2H3. The van der Waals surface area contributed by atoms with Crippen LogP contribution in [0.25, 0.3) is 22.6 Å². The number of hydrogen-bond acceptors (Lipinski definition) is 5. The van der Waals surface area contributed by atoms with Crippen molar-refractivity contribution in [2.45, 2.75) is 32.4 Å². The summed E-state index contributed by atoms with van der Waals surface area (Å²) >= 11 is 0. The molecule has 6 nitrogen and oxygen atoms in total. The van der Waals surface area contributed by atoms with Gasteiger partial charge >= 0.3 is 6.36 Å². The third-order valence-electron chi connectivity index (χ3n) is 5.14. The summed E-state index contributed by atoms with van der Waals surface area (Å²) in [4.78, 5) is 9.02. The van der Waals surface area contributed by atoms with Gasteiger partial charge in [0, 0.05) is 35.1 Å². The first-order valence-corrected chi connectivity index (χ1v) is 9.93. The highest BCUT2D eigenvalue weighted by molar-refractivity contribution is 5.70. The Bertz CT molecular complexity index is 1110. The van der Waals surface area contributed by atoms with E-state index in [0.29, 0.717) is 30.1 Å². The average Bonchev–Trinajstić information content (AvgIpc) is 2.96. The zero-order chi connectivity index (χ0) is 22.9. The Morgan fingerprint density at radius 3 is 2.66 bits per heavy atom. The van der Waals surface area contributed by atoms with Crippen molar-refractivity contribution in [3.8, 4) is 34.1 Å². The smallest absolute Gasteiger partial charge is 0.493 e. The Hall–Kier alpha value is -3.14. The van der Waals surface area contributed by atoms with Crippen molar-refractivity contribution in [2.75, 3.05) is 20.4 Å². The second-order valence-electron chi connectivity index (χ2n) is 7.34. The summed E-state index contributed by atoms with van der Waals surface area (Å²) in [7, 11) is 1.26. The number of alkyl halides is 4. The number of methoxy groups -OCH3 is 1. The van der Waals surface area contributed by atoms with Gasteiger partial charge in [-0.1, -0.05) is 0 Å². The molecule has 0 radical (unpaired) electrons. The number of hydrogen-bond donors (Lipinski definition) is 0. The molecule has 0 aliphatic carbocycles. The van der Waals surface area contributed by atoms with Crippen LogP contribution in [0, 0.1) is 6.92 Å². The fraction of sp³-hybridized carbons (Fsp3) is 0.364. The number of aryl methyl sites for hydroxylation is 1. The minimum atomic E-state index is -4.85. The topological polar surface area (TPSA) is 58.4 Å². The molecule has 1 aliphatic rings. The van der Waals surface area contributed by atoms with Crippen LogP contribution in [0.15, 0.2) is 36.5 Å². The number of benzene rings is 1. The molecular weight excluding hydrogens is 430 g/mol. The molecule has 170 valence electrons. The zero-order valence-corrected chi connectivity index (χ0v) is 17.4. The van der Waals surface area contributed by atoms with Crippen LogP contribution in [0.2, 0.25) is 0 Å². The highest BCUT2D eigenvalue weighted by Gasteiger charge is 2.33. The molecule has 0 spiro atoms. The highest BCUT2D eigenvalue weighted by atomic mass is 19.4. The van der Waals surface area contributed by atoms with E-state index in [1.807, 2.05) is 23.6 Å². The predicted molar refractivity (Wildman–Crippen MR) is 108 cm³/mol. The Balaban J connectivity index is 1.85. The largest absolute Gasteiger partial charge is 0.573 e. The van der Waals surface area contributed by atoms with E-state index in [-0.39, 0.29) is 12.3 Å². The van der Waals surface area contributed by atoms with Gasteiger partial charge in [-0.3, -0.25) is 4.98 Å². The quantitative estimate of drug-likeness (QED) is 0.525. The molecule has 1 aliphatic heterocycles. The van der Waals surface area contributed by atoms with Crippen LogP contribution < -0.4 is 9.47 Å². The van der Waals surface area contributed by atoms with Crippen molar-refractivity contribution in [3.63, 3.8) is 0 Å². The maximum absolute atomic E-state index is 13.5. The molecule has 0 bridgehead atoms. The minimum Gasteiger partial charge on any atom is -0.493 e. The summed E-state index contributed by atoms with van der Waals surface area (Å²) in [5, 5.41) is 0. The molecule has 2 aromatic heterocycles. The van der Waals surface area contributed by atoms with Crippen LogP contribution in [0.3, 0.4) is 0 Å². The number of nitrogens with zero attached hydrogens (tertiary/aromatic N) is 3. The molecule has 32 heavy (non-hydrogen) atoms. The number of fused-ring (bicyclic) bond motifs is 1. The van der Waals surface area contributed by atoms with Gasteiger partial charge in [0.2, 0.25) is 0 Å². The van der Waals surface area contributed by atoms with Gasteiger partial charge < -0.3 is 18.8 Å². The molecular formula is C22H21F4N3O3. The Labute approximate surface area is 181 Å². The molecule has 3 aromatic rings. The van der Waals surface area contributed by atoms with E-state index >= 15 is 0 Å². The van der Waals surface area contributed by atoms with E-state index in [2.05, 4.69) is 9.72 Å². The van der Waals surface area contributed by atoms with Gasteiger partial charge in [0.15, 0.2) is 11.5 Å². The van der Waals surface area contributed by atoms with Gasteiger partial charge in [0.05, 0.1) is 26.0 Å². The lowest BCUT2D eigenvalue weighted by atomic mass is 10.1. The van der Waals surface area contributed by atoms with Crippen LogP contribution in [-0.4, -0.2) is 47.4 Å². The fourth-order valence-electron chi connectivity index (χ4n) is 3.77. The van der Waals surface area contributed by atoms with Crippen LogP contribution >= 0.6 is 0 Å². The first kappa shape index (κ1) is 22.1. The van der Waals surface area contributed by atoms with Crippen LogP contribution in [0.4, 0.5) is 17.6 Å². The molecule has 0 saturated carbocycles. The van der Waals surface area contributed by atoms with Crippen molar-refractivity contribution in [2.24, 2.45) is 0 Å². The lowest BCUT2D eigenvalue weighted by Crippen LogP contribution is -2.21. The molecule has 1 unspecified atom stereocenters. The fourth-order valence-corrected chi connectivity index (χ4v) is 3.77. The lowest BCUT2D eigenvalue weighted by molar-refractivity contribution is -0.275. The van der Waals surface area contributed by atoms with Crippen molar-refractivity contribution in [1.82, 2.24) is 14.5 Å². The van der Waals surface area contributed by atoms with Crippen LogP contribution in [0.1, 0.15) is 11.4 Å². The normalized spacial score (nSPS) is 16.4. The number of rotatable bonds is 5. The summed E-state index contributed by atoms with van der Waals surface area (Å²) in [6.07, 6.45) is -3.31. The molecule has 0 saturated heterocycles. The number of ether oxygens (including phenoxy) is 3. The summed E-state index contributed by atoms with van der Waals surface area (Å²) in [5.74, 6) is -0.0722. The Morgan fingerprint density at radius 2 is 1.97 bits per heavy atom. The summed E-state index contributed by atoms with van der Waals surface area (Å²) in [6.45, 7) is 1.76. The van der Waals surface area contributed by atoms with Crippen molar-refractivity contribution in [3.05, 3.63) is 47.9 Å². The van der Waals surface area contributed by atoms with E-state index in [1.54, 1.807) is 6.20 Å². The Kier molecular flexibility index (Phi) is 6.05. The first-order valence-electron chi connectivity index (χ1n) is 9.93. The minimum absolute atomic E-state index is 0.0922. The summed E-state index contributed by atoms with van der Waals surface area (Å²) < 4.78 is 68.2. The molecule has 1 atom stereocenters. The lowest BCUT2D eigenvalue weighted by Gasteiger charge is -2.16. The van der Waals surface area contributed by atoms with Crippen molar-refractivity contribution >= 4 is 0 Å². The van der Waals surface area contributed by atoms with Gasteiger partial charge in [-0.25, -0.2) is 9.37 Å². The molecule has 0 amide bonds. The maximum Gasteiger partial charge on any atom is 0.573 e. The number of imidazole rings is 1. The van der Waals surface area contributed by atoms with Gasteiger partial charge in [0.25, 0.3) is 0 Å². The third-order valence-corrected chi connectivity index (χ3v) is 5.14. The first-order chi connectivity index (χ1) is 15.3. The number of halogens is 4. The second kappa shape index (κ2) is 8.78. The van der Waals surface area contributed by atoms with E-state index in [0.717, 1.165) is 17.0 Å². The summed E-state index contributed by atoms with van der Waals surface area (Å²) in [5.41, 5.74) is 3.72. The van der Waals surface area contributed by atoms with Gasteiger partial charge in [-0.05, 0) is 37.3 Å². The van der Waals surface area contributed by atoms with E-state index in [4.69, 9.17) is 14.5 Å². The SMILES string of the molecule is COc1cc(-c2nc(-c3ccnc(C)c3)c3n2CC(CF)OCC3)ccc1OC(F)(F)F. The third kappa shape index (κ3) is 4.55. The average molecular weight is 451 g/mol. The highest BCUT2D eigenvalue weighted by Crippen LogP contribution is 2.38. The van der Waals surface area contributed by atoms with E-state index < -0.39 is 24.9 Å². The maximum atomic E-state index is 13.5. The Morgan fingerprint density at radius 1 is 1.16 bits per heavy atom. The van der Waals surface area contributed by atoms with E-state index in [9.17, 15) is 17.6 Å². The molecule has 3 heterocycles. The predicted octanol–water partition coefficient (Wildman–Crippen LogP) is 4.74. The molecule has 10 heteroatoms. The van der Waals surface area contributed by atoms with Gasteiger partial charge in [0.1, 0.15) is 18.6 Å². The summed E-state index contributed by atoms with van der Waals surface area (Å²) in [6, 6.07) is 7.80. The van der Waals surface area contributed by atoms with Crippen LogP contribution in [-0.2, 0) is 17.7 Å². The molecule has 0 fully saturated rings. The van der Waals surface area contributed by atoms with Crippen molar-refractivity contribution in [1.29, 1.82) is 0 Å². The zero-order valence-electron chi connectivity index (χ0n) is 17.4. The van der Waals surface area contributed by atoms with Gasteiger partial charge in [-0.2, -0.15) is 0 Å². The molecule has 4 rings (SSSR count). The monoisotopic (exact) mass is 451 g/mol. The van der Waals surface area contributed by atoms with Crippen molar-refractivity contribution < 1.29 is 31.8 Å². The molecule has 0 N–H and O–H groups in total. The number of aromatic nitrogens is 3. The number of pyridine rings is 1. The molecule has 1 aromatic carbocycles. The van der Waals surface area contributed by atoms with E-state index in [1.165, 1.54) is 25.3 Å².